The molecule has 6 heteroatoms. The van der Waals surface area contributed by atoms with Crippen LogP contribution < -0.4 is 16.4 Å². The second-order valence-electron chi connectivity index (χ2n) is 4.57. The minimum Gasteiger partial charge on any atom is -0.381 e. The molecule has 0 saturated heterocycles. The van der Waals surface area contributed by atoms with E-state index in [1.165, 1.54) is 5.56 Å². The van der Waals surface area contributed by atoms with Crippen molar-refractivity contribution in [3.8, 4) is 0 Å². The topological polar surface area (TPSA) is 104 Å². The molecule has 2 amide bonds. The van der Waals surface area contributed by atoms with Gasteiger partial charge in [0.15, 0.2) is 0 Å². The summed E-state index contributed by atoms with van der Waals surface area (Å²) in [5, 5.41) is 14.9. The minimum absolute atomic E-state index is 0.159. The summed E-state index contributed by atoms with van der Waals surface area (Å²) in [6.45, 7) is 0.473. The number of nitrogens with two attached hydrogens (primary N) is 1. The summed E-state index contributed by atoms with van der Waals surface area (Å²) in [4.78, 5) is 22.6. The molecule has 102 valence electrons. The van der Waals surface area contributed by atoms with Crippen LogP contribution in [0.1, 0.15) is 11.1 Å². The average Bonchev–Trinajstić information content (AvgIpc) is 2.43. The smallest absolute Gasteiger partial charge is 0.248 e. The van der Waals surface area contributed by atoms with Gasteiger partial charge in [-0.25, -0.2) is 0 Å². The van der Waals surface area contributed by atoms with Crippen molar-refractivity contribution in [2.75, 3.05) is 6.54 Å². The Morgan fingerprint density at radius 1 is 1.42 bits per heavy atom. The van der Waals surface area contributed by atoms with Gasteiger partial charge < -0.3 is 21.5 Å². The van der Waals surface area contributed by atoms with Crippen molar-refractivity contribution in [3.05, 3.63) is 35.4 Å². The SMILES string of the molecule is NC(=O)C(O)CNC(=O)[C@H]1Cc2ccccc2CN1. The molecule has 2 rings (SSSR count). The van der Waals surface area contributed by atoms with Gasteiger partial charge in [0.05, 0.1) is 12.6 Å². The molecule has 1 aromatic rings. The van der Waals surface area contributed by atoms with Crippen molar-refractivity contribution in [3.63, 3.8) is 0 Å². The number of primary amides is 1. The van der Waals surface area contributed by atoms with Crippen molar-refractivity contribution in [1.82, 2.24) is 10.6 Å². The van der Waals surface area contributed by atoms with E-state index in [4.69, 9.17) is 5.73 Å². The van der Waals surface area contributed by atoms with Gasteiger partial charge in [0.1, 0.15) is 6.10 Å². The lowest BCUT2D eigenvalue weighted by atomic mass is 9.95. The summed E-state index contributed by atoms with van der Waals surface area (Å²) < 4.78 is 0. The average molecular weight is 263 g/mol. The maximum atomic E-state index is 11.9. The van der Waals surface area contributed by atoms with Gasteiger partial charge in [-0.15, -0.1) is 0 Å². The van der Waals surface area contributed by atoms with Crippen LogP contribution in [0.3, 0.4) is 0 Å². The van der Waals surface area contributed by atoms with Crippen LogP contribution in [-0.2, 0) is 22.6 Å². The van der Waals surface area contributed by atoms with Crippen LogP contribution in [0.5, 0.6) is 0 Å². The summed E-state index contributed by atoms with van der Waals surface area (Å²) in [5.41, 5.74) is 7.23. The van der Waals surface area contributed by atoms with E-state index < -0.39 is 12.0 Å². The zero-order chi connectivity index (χ0) is 13.8. The molecule has 6 nitrogen and oxygen atoms in total. The second kappa shape index (κ2) is 5.81. The van der Waals surface area contributed by atoms with Gasteiger partial charge in [-0.3, -0.25) is 9.59 Å². The molecule has 0 fully saturated rings. The highest BCUT2D eigenvalue weighted by Gasteiger charge is 2.24. The summed E-state index contributed by atoms with van der Waals surface area (Å²) in [5.74, 6) is -1.09. The van der Waals surface area contributed by atoms with E-state index in [-0.39, 0.29) is 18.5 Å². The third kappa shape index (κ3) is 3.30. The molecule has 0 bridgehead atoms. The van der Waals surface area contributed by atoms with E-state index in [1.54, 1.807) is 0 Å². The first-order chi connectivity index (χ1) is 9.08. The molecule has 0 aliphatic carbocycles. The van der Waals surface area contributed by atoms with Crippen LogP contribution in [-0.4, -0.2) is 35.6 Å². The minimum atomic E-state index is -1.35. The van der Waals surface area contributed by atoms with Gasteiger partial charge in [-0.1, -0.05) is 24.3 Å². The van der Waals surface area contributed by atoms with E-state index in [2.05, 4.69) is 10.6 Å². The standard InChI is InChI=1S/C13H17N3O3/c14-12(18)11(17)7-16-13(19)10-5-8-3-1-2-4-9(8)6-15-10/h1-4,10-11,15,17H,5-7H2,(H2,14,18)(H,16,19)/t10-,11?/m1/s1. The van der Waals surface area contributed by atoms with E-state index in [1.807, 2.05) is 24.3 Å². The molecule has 19 heavy (non-hydrogen) atoms. The third-order valence-electron chi connectivity index (χ3n) is 3.20. The molecule has 0 radical (unpaired) electrons. The molecule has 1 unspecified atom stereocenters. The molecular weight excluding hydrogens is 246 g/mol. The van der Waals surface area contributed by atoms with Crippen molar-refractivity contribution >= 4 is 11.8 Å². The van der Waals surface area contributed by atoms with E-state index in [0.29, 0.717) is 13.0 Å². The molecule has 1 aliphatic rings. The van der Waals surface area contributed by atoms with Crippen LogP contribution >= 0.6 is 0 Å². The lowest BCUT2D eigenvalue weighted by Gasteiger charge is -2.25. The maximum Gasteiger partial charge on any atom is 0.248 e. The first kappa shape index (κ1) is 13.5. The molecule has 1 aromatic carbocycles. The Kier molecular flexibility index (Phi) is 4.13. The van der Waals surface area contributed by atoms with Gasteiger partial charge >= 0.3 is 0 Å². The van der Waals surface area contributed by atoms with Crippen molar-refractivity contribution in [1.29, 1.82) is 0 Å². The van der Waals surface area contributed by atoms with Crippen molar-refractivity contribution in [2.45, 2.75) is 25.1 Å². The number of nitrogens with one attached hydrogen (secondary N) is 2. The van der Waals surface area contributed by atoms with E-state index in [9.17, 15) is 14.7 Å². The Morgan fingerprint density at radius 2 is 2.11 bits per heavy atom. The lowest BCUT2D eigenvalue weighted by Crippen LogP contribution is -2.50. The first-order valence-corrected chi connectivity index (χ1v) is 6.13. The number of rotatable bonds is 4. The van der Waals surface area contributed by atoms with Crippen LogP contribution in [0.15, 0.2) is 24.3 Å². The van der Waals surface area contributed by atoms with Crippen molar-refractivity contribution < 1.29 is 14.7 Å². The number of benzene rings is 1. The van der Waals surface area contributed by atoms with Gasteiger partial charge in [0, 0.05) is 6.54 Å². The fourth-order valence-corrected chi connectivity index (χ4v) is 2.06. The lowest BCUT2D eigenvalue weighted by molar-refractivity contribution is -0.127. The Labute approximate surface area is 111 Å². The molecule has 2 atom stereocenters. The van der Waals surface area contributed by atoms with Crippen LogP contribution in [0.25, 0.3) is 0 Å². The normalized spacial score (nSPS) is 19.3. The molecular formula is C13H17N3O3. The first-order valence-electron chi connectivity index (χ1n) is 6.13. The highest BCUT2D eigenvalue weighted by molar-refractivity contribution is 5.84. The number of aliphatic hydroxyl groups is 1. The van der Waals surface area contributed by atoms with E-state index >= 15 is 0 Å². The maximum absolute atomic E-state index is 11.9. The summed E-state index contributed by atoms with van der Waals surface area (Å²) in [6.07, 6.45) is -0.755. The number of amides is 2. The number of carbonyl (C=O) groups excluding carboxylic acids is 2. The van der Waals surface area contributed by atoms with Crippen LogP contribution in [0.2, 0.25) is 0 Å². The number of hydrogen-bond acceptors (Lipinski definition) is 4. The zero-order valence-corrected chi connectivity index (χ0v) is 10.4. The fourth-order valence-electron chi connectivity index (χ4n) is 2.06. The Balaban J connectivity index is 1.90. The Morgan fingerprint density at radius 3 is 2.79 bits per heavy atom. The monoisotopic (exact) mass is 263 g/mol. The van der Waals surface area contributed by atoms with Gasteiger partial charge in [0.2, 0.25) is 11.8 Å². The predicted molar refractivity (Wildman–Crippen MR) is 69.0 cm³/mol. The molecule has 1 aliphatic heterocycles. The highest BCUT2D eigenvalue weighted by atomic mass is 16.3. The summed E-state index contributed by atoms with van der Waals surface area (Å²) in [7, 11) is 0. The predicted octanol–water partition coefficient (Wildman–Crippen LogP) is -1.34. The third-order valence-corrected chi connectivity index (χ3v) is 3.20. The van der Waals surface area contributed by atoms with Gasteiger partial charge in [0.25, 0.3) is 0 Å². The molecule has 0 aromatic heterocycles. The largest absolute Gasteiger partial charge is 0.381 e. The molecule has 1 heterocycles. The number of hydrogen-bond donors (Lipinski definition) is 4. The molecule has 5 N–H and O–H groups in total. The van der Waals surface area contributed by atoms with Gasteiger partial charge in [-0.2, -0.15) is 0 Å². The van der Waals surface area contributed by atoms with E-state index in [0.717, 1.165) is 5.56 Å². The zero-order valence-electron chi connectivity index (χ0n) is 10.4. The quantitative estimate of drug-likeness (QED) is 0.540. The number of aliphatic hydroxyl groups excluding tert-OH is 1. The number of carbonyl (C=O) groups is 2. The van der Waals surface area contributed by atoms with Crippen LogP contribution in [0, 0.1) is 0 Å². The highest BCUT2D eigenvalue weighted by Crippen LogP contribution is 2.16. The Bertz CT molecular complexity index is 490. The fraction of sp³-hybridized carbons (Fsp3) is 0.385. The van der Waals surface area contributed by atoms with Gasteiger partial charge in [-0.05, 0) is 17.5 Å². The number of fused-ring (bicyclic) bond motifs is 1. The molecule has 0 saturated carbocycles. The van der Waals surface area contributed by atoms with Crippen LogP contribution in [0.4, 0.5) is 0 Å². The molecule has 0 spiro atoms. The summed E-state index contributed by atoms with van der Waals surface area (Å²) >= 11 is 0. The van der Waals surface area contributed by atoms with Crippen molar-refractivity contribution in [2.24, 2.45) is 5.73 Å². The Hall–Kier alpha value is -1.92. The second-order valence-corrected chi connectivity index (χ2v) is 4.57. The summed E-state index contributed by atoms with van der Waals surface area (Å²) in [6, 6.07) is 7.57.